The van der Waals surface area contributed by atoms with E-state index in [4.69, 9.17) is 5.73 Å². The molecule has 1 rings (SSSR count). The van der Waals surface area contributed by atoms with Crippen molar-refractivity contribution < 1.29 is 4.79 Å². The van der Waals surface area contributed by atoms with E-state index in [2.05, 4.69) is 19.2 Å². The standard InChI is InChI=1S/C10H20N2O/c1-3-8(2)12-10(9(11)13)6-4-5-7-10/h8,12H,3-7H2,1-2H3,(H2,11,13). The lowest BCUT2D eigenvalue weighted by molar-refractivity contribution is -0.124. The molecular weight excluding hydrogens is 164 g/mol. The summed E-state index contributed by atoms with van der Waals surface area (Å²) in [5.74, 6) is -0.176. The predicted octanol–water partition coefficient (Wildman–Crippen LogP) is 1.17. The normalized spacial score (nSPS) is 22.9. The van der Waals surface area contributed by atoms with Crippen molar-refractivity contribution in [2.75, 3.05) is 0 Å². The number of primary amides is 1. The highest BCUT2D eigenvalue weighted by molar-refractivity contribution is 5.85. The zero-order valence-electron chi connectivity index (χ0n) is 8.60. The Kier molecular flexibility index (Phi) is 3.31. The van der Waals surface area contributed by atoms with E-state index in [1.165, 1.54) is 0 Å². The summed E-state index contributed by atoms with van der Waals surface area (Å²) in [4.78, 5) is 11.3. The minimum atomic E-state index is -0.393. The highest BCUT2D eigenvalue weighted by Gasteiger charge is 2.39. The molecule has 3 heteroatoms. The molecule has 0 aliphatic heterocycles. The molecule has 3 nitrogen and oxygen atoms in total. The van der Waals surface area contributed by atoms with E-state index in [0.717, 1.165) is 32.1 Å². The Morgan fingerprint density at radius 3 is 2.46 bits per heavy atom. The maximum atomic E-state index is 11.3. The minimum absolute atomic E-state index is 0.176. The predicted molar refractivity (Wildman–Crippen MR) is 53.3 cm³/mol. The first-order valence-electron chi connectivity index (χ1n) is 5.18. The zero-order chi connectivity index (χ0) is 9.90. The van der Waals surface area contributed by atoms with Crippen LogP contribution < -0.4 is 11.1 Å². The number of nitrogens with two attached hydrogens (primary N) is 1. The van der Waals surface area contributed by atoms with Crippen molar-refractivity contribution in [3.8, 4) is 0 Å². The summed E-state index contributed by atoms with van der Waals surface area (Å²) in [7, 11) is 0. The molecule has 0 heterocycles. The third-order valence-electron chi connectivity index (χ3n) is 3.06. The number of rotatable bonds is 4. The Balaban J connectivity index is 2.62. The van der Waals surface area contributed by atoms with Gasteiger partial charge in [0.15, 0.2) is 0 Å². The Labute approximate surface area is 80.1 Å². The number of hydrogen-bond acceptors (Lipinski definition) is 2. The molecule has 3 N–H and O–H groups in total. The number of carbonyl (C=O) groups is 1. The van der Waals surface area contributed by atoms with Crippen LogP contribution in [0.1, 0.15) is 46.0 Å². The molecule has 0 aromatic rings. The lowest BCUT2D eigenvalue weighted by atomic mass is 9.95. The van der Waals surface area contributed by atoms with Crippen LogP contribution >= 0.6 is 0 Å². The van der Waals surface area contributed by atoms with Crippen molar-refractivity contribution in [1.82, 2.24) is 5.32 Å². The number of nitrogens with one attached hydrogen (secondary N) is 1. The molecule has 1 saturated carbocycles. The van der Waals surface area contributed by atoms with Crippen LogP contribution in [0.25, 0.3) is 0 Å². The molecule has 1 unspecified atom stereocenters. The van der Waals surface area contributed by atoms with E-state index >= 15 is 0 Å². The first kappa shape index (κ1) is 10.5. The molecule has 1 aliphatic rings. The lowest BCUT2D eigenvalue weighted by Crippen LogP contribution is -2.56. The van der Waals surface area contributed by atoms with E-state index in [9.17, 15) is 4.79 Å². The van der Waals surface area contributed by atoms with Crippen LogP contribution in [-0.2, 0) is 4.79 Å². The Morgan fingerprint density at radius 2 is 2.08 bits per heavy atom. The third kappa shape index (κ3) is 2.21. The Hall–Kier alpha value is -0.570. The van der Waals surface area contributed by atoms with E-state index in [1.54, 1.807) is 0 Å². The van der Waals surface area contributed by atoms with Crippen LogP contribution in [0, 0.1) is 0 Å². The molecule has 1 amide bonds. The summed E-state index contributed by atoms with van der Waals surface area (Å²) in [6.07, 6.45) is 5.09. The van der Waals surface area contributed by atoms with Gasteiger partial charge in [-0.3, -0.25) is 4.79 Å². The van der Waals surface area contributed by atoms with Gasteiger partial charge in [-0.05, 0) is 26.2 Å². The summed E-state index contributed by atoms with van der Waals surface area (Å²) in [6, 6.07) is 0.380. The van der Waals surface area contributed by atoms with Crippen molar-refractivity contribution in [3.63, 3.8) is 0 Å². The highest BCUT2D eigenvalue weighted by Crippen LogP contribution is 2.29. The van der Waals surface area contributed by atoms with Gasteiger partial charge in [0, 0.05) is 6.04 Å². The van der Waals surface area contributed by atoms with Gasteiger partial charge < -0.3 is 11.1 Å². The smallest absolute Gasteiger partial charge is 0.237 e. The van der Waals surface area contributed by atoms with Gasteiger partial charge in [0.25, 0.3) is 0 Å². The topological polar surface area (TPSA) is 55.1 Å². The molecule has 0 aromatic carbocycles. The molecule has 13 heavy (non-hydrogen) atoms. The van der Waals surface area contributed by atoms with Crippen molar-refractivity contribution in [3.05, 3.63) is 0 Å². The van der Waals surface area contributed by atoms with Gasteiger partial charge in [0.05, 0.1) is 5.54 Å². The first-order chi connectivity index (χ1) is 6.10. The lowest BCUT2D eigenvalue weighted by Gasteiger charge is -2.30. The van der Waals surface area contributed by atoms with Gasteiger partial charge in [-0.25, -0.2) is 0 Å². The second-order valence-electron chi connectivity index (χ2n) is 4.11. The van der Waals surface area contributed by atoms with Crippen molar-refractivity contribution >= 4 is 5.91 Å². The molecular formula is C10H20N2O. The molecule has 0 bridgehead atoms. The summed E-state index contributed by atoms with van der Waals surface area (Å²) in [5.41, 5.74) is 5.04. The molecule has 0 aromatic heterocycles. The SMILES string of the molecule is CCC(C)NC1(C(N)=O)CCCC1. The van der Waals surface area contributed by atoms with Crippen LogP contribution in [0.2, 0.25) is 0 Å². The third-order valence-corrected chi connectivity index (χ3v) is 3.06. The fourth-order valence-corrected chi connectivity index (χ4v) is 2.01. The van der Waals surface area contributed by atoms with Crippen LogP contribution in [0.4, 0.5) is 0 Å². The molecule has 0 saturated heterocycles. The van der Waals surface area contributed by atoms with Crippen molar-refractivity contribution in [1.29, 1.82) is 0 Å². The van der Waals surface area contributed by atoms with Crippen LogP contribution in [-0.4, -0.2) is 17.5 Å². The van der Waals surface area contributed by atoms with Crippen LogP contribution in [0.3, 0.4) is 0 Å². The highest BCUT2D eigenvalue weighted by atomic mass is 16.1. The van der Waals surface area contributed by atoms with Crippen molar-refractivity contribution in [2.24, 2.45) is 5.73 Å². The summed E-state index contributed by atoms with van der Waals surface area (Å²) >= 11 is 0. The van der Waals surface area contributed by atoms with Gasteiger partial charge in [-0.15, -0.1) is 0 Å². The average molecular weight is 184 g/mol. The van der Waals surface area contributed by atoms with E-state index in [1.807, 2.05) is 0 Å². The first-order valence-corrected chi connectivity index (χ1v) is 5.18. The van der Waals surface area contributed by atoms with E-state index in [-0.39, 0.29) is 5.91 Å². The van der Waals surface area contributed by atoms with Gasteiger partial charge in [0.1, 0.15) is 0 Å². The molecule has 1 aliphatic carbocycles. The largest absolute Gasteiger partial charge is 0.368 e. The fourth-order valence-electron chi connectivity index (χ4n) is 2.01. The van der Waals surface area contributed by atoms with Gasteiger partial charge >= 0.3 is 0 Å². The number of carbonyl (C=O) groups excluding carboxylic acids is 1. The van der Waals surface area contributed by atoms with E-state index < -0.39 is 5.54 Å². The quantitative estimate of drug-likeness (QED) is 0.689. The van der Waals surface area contributed by atoms with Gasteiger partial charge in [0.2, 0.25) is 5.91 Å². The van der Waals surface area contributed by atoms with E-state index in [0.29, 0.717) is 6.04 Å². The van der Waals surface area contributed by atoms with Gasteiger partial charge in [-0.2, -0.15) is 0 Å². The Bertz CT molecular complexity index is 185. The Morgan fingerprint density at radius 1 is 1.54 bits per heavy atom. The molecule has 76 valence electrons. The maximum absolute atomic E-state index is 11.3. The summed E-state index contributed by atoms with van der Waals surface area (Å²) in [6.45, 7) is 4.21. The fraction of sp³-hybridized carbons (Fsp3) is 0.900. The number of hydrogen-bond donors (Lipinski definition) is 2. The summed E-state index contributed by atoms with van der Waals surface area (Å²) < 4.78 is 0. The second-order valence-corrected chi connectivity index (χ2v) is 4.11. The van der Waals surface area contributed by atoms with Crippen LogP contribution in [0.15, 0.2) is 0 Å². The number of amides is 1. The average Bonchev–Trinajstić information content (AvgIpc) is 2.54. The van der Waals surface area contributed by atoms with Crippen LogP contribution in [0.5, 0.6) is 0 Å². The zero-order valence-corrected chi connectivity index (χ0v) is 8.60. The maximum Gasteiger partial charge on any atom is 0.237 e. The molecule has 1 fully saturated rings. The molecule has 1 atom stereocenters. The minimum Gasteiger partial charge on any atom is -0.368 e. The monoisotopic (exact) mass is 184 g/mol. The summed E-state index contributed by atoms with van der Waals surface area (Å²) in [5, 5.41) is 3.37. The molecule has 0 spiro atoms. The van der Waals surface area contributed by atoms with Crippen molar-refractivity contribution in [2.45, 2.75) is 57.5 Å². The second kappa shape index (κ2) is 4.09. The van der Waals surface area contributed by atoms with Gasteiger partial charge in [-0.1, -0.05) is 19.8 Å². The molecule has 0 radical (unpaired) electrons.